The highest BCUT2D eigenvalue weighted by Gasteiger charge is 2.61. The summed E-state index contributed by atoms with van der Waals surface area (Å²) in [5.74, 6) is 2.38. The van der Waals surface area contributed by atoms with Crippen molar-refractivity contribution in [2.45, 2.75) is 90.6 Å². The second-order valence-corrected chi connectivity index (χ2v) is 10.3. The number of aliphatic hydroxyl groups is 1. The fourth-order valence-corrected chi connectivity index (χ4v) is 8.14. The topological polar surface area (TPSA) is 57.5 Å². The smallest absolute Gasteiger partial charge is 0.303 e. The number of aliphatic hydroxyl groups excluding tert-OH is 1. The number of hydrogen-bond acceptors (Lipinski definition) is 2. The van der Waals surface area contributed by atoms with E-state index in [9.17, 15) is 9.90 Å². The van der Waals surface area contributed by atoms with Gasteiger partial charge >= 0.3 is 5.97 Å². The van der Waals surface area contributed by atoms with Crippen molar-refractivity contribution in [2.75, 3.05) is 0 Å². The van der Waals surface area contributed by atoms with Gasteiger partial charge in [0, 0.05) is 6.42 Å². The van der Waals surface area contributed by atoms with Crippen molar-refractivity contribution in [2.24, 2.45) is 40.4 Å². The minimum atomic E-state index is -0.656. The van der Waals surface area contributed by atoms with Crippen molar-refractivity contribution >= 4 is 5.97 Å². The van der Waals surface area contributed by atoms with E-state index in [-0.39, 0.29) is 11.5 Å². The Balaban J connectivity index is 1.58. The van der Waals surface area contributed by atoms with Crippen molar-refractivity contribution in [3.63, 3.8) is 0 Å². The molecule has 2 N–H and O–H groups in total. The minimum Gasteiger partial charge on any atom is -0.481 e. The molecule has 8 atom stereocenters. The molecule has 0 aliphatic heterocycles. The van der Waals surface area contributed by atoms with E-state index in [2.05, 4.69) is 13.8 Å². The zero-order valence-corrected chi connectivity index (χ0v) is 16.0. The Morgan fingerprint density at radius 1 is 1.00 bits per heavy atom. The molecule has 0 aromatic heterocycles. The lowest BCUT2D eigenvalue weighted by molar-refractivity contribution is -0.163. The van der Waals surface area contributed by atoms with Gasteiger partial charge in [0.2, 0.25) is 0 Å². The van der Waals surface area contributed by atoms with Crippen LogP contribution in [0.1, 0.15) is 84.5 Å². The number of carboxylic acids is 1. The van der Waals surface area contributed by atoms with E-state index in [1.54, 1.807) is 0 Å². The van der Waals surface area contributed by atoms with Crippen molar-refractivity contribution in [1.29, 1.82) is 0 Å². The molecule has 8 unspecified atom stereocenters. The molecule has 0 bridgehead atoms. The Bertz CT molecular complexity index is 531. The predicted molar refractivity (Wildman–Crippen MR) is 98.1 cm³/mol. The molecule has 0 radical (unpaired) electrons. The second-order valence-electron chi connectivity index (χ2n) is 10.3. The van der Waals surface area contributed by atoms with Crippen LogP contribution in [-0.2, 0) is 4.79 Å². The molecule has 4 saturated carbocycles. The molecule has 3 heteroatoms. The Morgan fingerprint density at radius 3 is 2.52 bits per heavy atom. The summed E-state index contributed by atoms with van der Waals surface area (Å²) in [5.41, 5.74) is 0.706. The molecule has 4 aliphatic rings. The van der Waals surface area contributed by atoms with Crippen LogP contribution < -0.4 is 0 Å². The summed E-state index contributed by atoms with van der Waals surface area (Å²) in [7, 11) is 0. The molecule has 0 aromatic carbocycles. The largest absolute Gasteiger partial charge is 0.481 e. The second kappa shape index (κ2) is 6.25. The SMILES string of the molecule is CC12CCC3C(C(O)CC4CCCCC43C)C1CCC2CCC(=O)O. The van der Waals surface area contributed by atoms with Gasteiger partial charge in [-0.05, 0) is 91.8 Å². The lowest BCUT2D eigenvalue weighted by Crippen LogP contribution is -2.57. The summed E-state index contributed by atoms with van der Waals surface area (Å²) < 4.78 is 0. The van der Waals surface area contributed by atoms with Crippen LogP contribution in [0.5, 0.6) is 0 Å². The maximum Gasteiger partial charge on any atom is 0.303 e. The standard InChI is InChI=1S/C22H36O3/c1-21-11-4-3-5-15(21)13-18(23)20-16-8-6-14(7-9-19(24)25)22(16,2)12-10-17(20)21/h14-18,20,23H,3-13H2,1-2H3,(H,24,25). The van der Waals surface area contributed by atoms with Gasteiger partial charge in [0.15, 0.2) is 0 Å². The molecular weight excluding hydrogens is 312 g/mol. The van der Waals surface area contributed by atoms with Gasteiger partial charge in [-0.25, -0.2) is 0 Å². The fraction of sp³-hybridized carbons (Fsp3) is 0.955. The number of hydrogen-bond donors (Lipinski definition) is 2. The molecule has 0 spiro atoms. The first-order valence-corrected chi connectivity index (χ1v) is 10.8. The third-order valence-electron chi connectivity index (χ3n) is 9.50. The normalized spacial score (nSPS) is 52.1. The van der Waals surface area contributed by atoms with Crippen molar-refractivity contribution in [1.82, 2.24) is 0 Å². The number of aliphatic carboxylic acids is 1. The Hall–Kier alpha value is -0.570. The van der Waals surface area contributed by atoms with Gasteiger partial charge in [0.05, 0.1) is 6.10 Å². The maximum atomic E-state index is 11.1. The van der Waals surface area contributed by atoms with E-state index in [0.717, 1.165) is 18.8 Å². The Labute approximate surface area is 152 Å². The zero-order valence-electron chi connectivity index (χ0n) is 16.0. The predicted octanol–water partition coefficient (Wildman–Crippen LogP) is 4.87. The van der Waals surface area contributed by atoms with Crippen LogP contribution in [0.3, 0.4) is 0 Å². The molecule has 0 heterocycles. The van der Waals surface area contributed by atoms with Crippen LogP contribution >= 0.6 is 0 Å². The van der Waals surface area contributed by atoms with Crippen molar-refractivity contribution < 1.29 is 15.0 Å². The van der Waals surface area contributed by atoms with Crippen molar-refractivity contribution in [3.05, 3.63) is 0 Å². The van der Waals surface area contributed by atoms with Gasteiger partial charge < -0.3 is 10.2 Å². The van der Waals surface area contributed by atoms with Gasteiger partial charge in [-0.3, -0.25) is 4.79 Å². The Kier molecular flexibility index (Phi) is 4.46. The fourth-order valence-electron chi connectivity index (χ4n) is 8.14. The van der Waals surface area contributed by atoms with E-state index in [1.807, 2.05) is 0 Å². The average molecular weight is 349 g/mol. The maximum absolute atomic E-state index is 11.1. The summed E-state index contributed by atoms with van der Waals surface area (Å²) in [6.07, 6.45) is 12.3. The third kappa shape index (κ3) is 2.67. The van der Waals surface area contributed by atoms with E-state index in [4.69, 9.17) is 5.11 Å². The molecule has 4 aliphatic carbocycles. The van der Waals surface area contributed by atoms with Crippen LogP contribution in [0.15, 0.2) is 0 Å². The molecule has 4 fully saturated rings. The molecule has 25 heavy (non-hydrogen) atoms. The molecule has 4 rings (SSSR count). The van der Waals surface area contributed by atoms with Crippen LogP contribution in [0.4, 0.5) is 0 Å². The Morgan fingerprint density at radius 2 is 1.76 bits per heavy atom. The van der Waals surface area contributed by atoms with Crippen LogP contribution in [0.2, 0.25) is 0 Å². The zero-order chi connectivity index (χ0) is 17.8. The average Bonchev–Trinajstić information content (AvgIpc) is 2.90. The van der Waals surface area contributed by atoms with E-state index in [0.29, 0.717) is 35.5 Å². The number of carboxylic acid groups (broad SMARTS) is 1. The van der Waals surface area contributed by atoms with Crippen LogP contribution in [-0.4, -0.2) is 22.3 Å². The van der Waals surface area contributed by atoms with Gasteiger partial charge in [0.25, 0.3) is 0 Å². The van der Waals surface area contributed by atoms with E-state index >= 15 is 0 Å². The first-order valence-electron chi connectivity index (χ1n) is 10.8. The molecule has 3 nitrogen and oxygen atoms in total. The van der Waals surface area contributed by atoms with Gasteiger partial charge in [-0.15, -0.1) is 0 Å². The van der Waals surface area contributed by atoms with Gasteiger partial charge in [-0.2, -0.15) is 0 Å². The highest BCUT2D eigenvalue weighted by molar-refractivity contribution is 5.66. The van der Waals surface area contributed by atoms with Gasteiger partial charge in [-0.1, -0.05) is 26.7 Å². The summed E-state index contributed by atoms with van der Waals surface area (Å²) >= 11 is 0. The van der Waals surface area contributed by atoms with E-state index in [1.165, 1.54) is 51.4 Å². The number of carbonyl (C=O) groups is 1. The molecule has 0 amide bonds. The molecule has 0 saturated heterocycles. The third-order valence-corrected chi connectivity index (χ3v) is 9.50. The van der Waals surface area contributed by atoms with Crippen LogP contribution in [0, 0.1) is 40.4 Å². The monoisotopic (exact) mass is 348 g/mol. The summed E-state index contributed by atoms with van der Waals surface area (Å²) in [5, 5.41) is 20.2. The lowest BCUT2D eigenvalue weighted by Gasteiger charge is -2.62. The van der Waals surface area contributed by atoms with Crippen molar-refractivity contribution in [3.8, 4) is 0 Å². The number of fused-ring (bicyclic) bond motifs is 5. The summed E-state index contributed by atoms with van der Waals surface area (Å²) in [6, 6.07) is 0. The quantitative estimate of drug-likeness (QED) is 0.765. The first-order chi connectivity index (χ1) is 11.9. The van der Waals surface area contributed by atoms with Gasteiger partial charge in [0.1, 0.15) is 0 Å². The minimum absolute atomic E-state index is 0.121. The summed E-state index contributed by atoms with van der Waals surface area (Å²) in [4.78, 5) is 11.1. The lowest BCUT2D eigenvalue weighted by atomic mass is 9.44. The summed E-state index contributed by atoms with van der Waals surface area (Å²) in [6.45, 7) is 4.97. The first kappa shape index (κ1) is 17.8. The molecular formula is C22H36O3. The number of rotatable bonds is 3. The van der Waals surface area contributed by atoms with Crippen LogP contribution in [0.25, 0.3) is 0 Å². The molecule has 142 valence electrons. The highest BCUT2D eigenvalue weighted by Crippen LogP contribution is 2.67. The molecule has 0 aromatic rings. The van der Waals surface area contributed by atoms with E-state index < -0.39 is 5.97 Å². The highest BCUT2D eigenvalue weighted by atomic mass is 16.4.